The van der Waals surface area contributed by atoms with E-state index in [-0.39, 0.29) is 6.42 Å². The number of nitrogens with one attached hydrogen (secondary N) is 1. The predicted octanol–water partition coefficient (Wildman–Crippen LogP) is 2.17. The zero-order valence-electron chi connectivity index (χ0n) is 17.1. The summed E-state index contributed by atoms with van der Waals surface area (Å²) >= 11 is 0. The highest BCUT2D eigenvalue weighted by Gasteiger charge is 2.69. The van der Waals surface area contributed by atoms with Gasteiger partial charge in [0.25, 0.3) is 0 Å². The van der Waals surface area contributed by atoms with Gasteiger partial charge in [0.05, 0.1) is 19.6 Å². The summed E-state index contributed by atoms with van der Waals surface area (Å²) in [6, 6.07) is 16.5. The van der Waals surface area contributed by atoms with Crippen LogP contribution in [-0.2, 0) is 23.9 Å². The number of carbonyl (C=O) groups excluding carboxylic acids is 4. The Morgan fingerprint density at radius 2 is 1.52 bits per heavy atom. The lowest BCUT2D eigenvalue weighted by atomic mass is 9.65. The summed E-state index contributed by atoms with van der Waals surface area (Å²) in [5.41, 5.74) is 0.00622. The van der Waals surface area contributed by atoms with Gasteiger partial charge in [-0.15, -0.1) is 0 Å². The Morgan fingerprint density at radius 3 is 2.06 bits per heavy atom. The van der Waals surface area contributed by atoms with E-state index in [1.165, 1.54) is 7.11 Å². The summed E-state index contributed by atoms with van der Waals surface area (Å²) in [7, 11) is 2.39. The fourth-order valence-corrected chi connectivity index (χ4v) is 4.89. The highest BCUT2D eigenvalue weighted by atomic mass is 16.5. The second kappa shape index (κ2) is 7.96. The molecule has 2 saturated heterocycles. The van der Waals surface area contributed by atoms with Crippen LogP contribution < -0.4 is 5.32 Å². The first-order chi connectivity index (χ1) is 15.0. The molecule has 2 aliphatic rings. The monoisotopic (exact) mass is 422 g/mol. The maximum atomic E-state index is 13.8. The fraction of sp³-hybridized carbons (Fsp3) is 0.304. The molecule has 0 aromatic heterocycles. The van der Waals surface area contributed by atoms with Gasteiger partial charge in [-0.1, -0.05) is 60.7 Å². The van der Waals surface area contributed by atoms with Crippen molar-refractivity contribution in [2.75, 3.05) is 14.2 Å². The number of benzene rings is 2. The summed E-state index contributed by atoms with van der Waals surface area (Å²) in [6.07, 6.45) is -1.28. The van der Waals surface area contributed by atoms with Crippen molar-refractivity contribution in [3.63, 3.8) is 0 Å². The van der Waals surface area contributed by atoms with Crippen molar-refractivity contribution in [1.82, 2.24) is 10.2 Å². The van der Waals surface area contributed by atoms with Crippen molar-refractivity contribution in [3.8, 4) is 0 Å². The number of imide groups is 3. The lowest BCUT2D eigenvalue weighted by Gasteiger charge is -2.34. The van der Waals surface area contributed by atoms with Gasteiger partial charge in [0.1, 0.15) is 6.04 Å². The third-order valence-electron chi connectivity index (χ3n) is 6.15. The van der Waals surface area contributed by atoms with E-state index in [9.17, 15) is 19.2 Å². The molecule has 4 rings (SSSR count). The van der Waals surface area contributed by atoms with Crippen molar-refractivity contribution in [2.24, 2.45) is 5.41 Å². The van der Waals surface area contributed by atoms with E-state index in [4.69, 9.17) is 4.74 Å². The van der Waals surface area contributed by atoms with Crippen LogP contribution in [0.4, 0.5) is 4.79 Å². The van der Waals surface area contributed by atoms with Crippen LogP contribution in [0.5, 0.6) is 0 Å². The number of hydrogen-bond acceptors (Lipinski definition) is 7. The van der Waals surface area contributed by atoms with Crippen LogP contribution in [0.25, 0.3) is 0 Å². The number of ether oxygens (including phenoxy) is 2. The standard InChI is InChI=1S/C23H22N2O6/c1-30-20(27)18-17(14-9-5-3-6-10-14)23(19(24-18)15-11-7-4-8-12-15)13-16(26)25(21(23)28)22(29)31-2/h3-12,17-19,24H,13H2,1-2H3/t17-,18+,19+,23+/m0/s1. The van der Waals surface area contributed by atoms with Crippen molar-refractivity contribution >= 4 is 23.9 Å². The molecule has 0 radical (unpaired) electrons. The van der Waals surface area contributed by atoms with Crippen LogP contribution in [-0.4, -0.2) is 49.0 Å². The molecule has 0 saturated carbocycles. The van der Waals surface area contributed by atoms with Gasteiger partial charge in [-0.25, -0.2) is 4.79 Å². The van der Waals surface area contributed by atoms with Crippen LogP contribution in [0, 0.1) is 5.41 Å². The average Bonchev–Trinajstić information content (AvgIpc) is 3.28. The number of likely N-dealkylation sites (tertiary alicyclic amines) is 1. The van der Waals surface area contributed by atoms with Gasteiger partial charge < -0.3 is 9.47 Å². The van der Waals surface area contributed by atoms with E-state index in [0.29, 0.717) is 10.5 Å². The topological polar surface area (TPSA) is 102 Å². The van der Waals surface area contributed by atoms with Crippen LogP contribution in [0.3, 0.4) is 0 Å². The number of rotatable bonds is 3. The second-order valence-electron chi connectivity index (χ2n) is 7.62. The third kappa shape index (κ3) is 3.11. The lowest BCUT2D eigenvalue weighted by Crippen LogP contribution is -2.44. The highest BCUT2D eigenvalue weighted by molar-refractivity contribution is 6.17. The second-order valence-corrected chi connectivity index (χ2v) is 7.62. The third-order valence-corrected chi connectivity index (χ3v) is 6.15. The van der Waals surface area contributed by atoms with Gasteiger partial charge in [0.15, 0.2) is 0 Å². The minimum absolute atomic E-state index is 0.249. The molecule has 2 heterocycles. The Bertz CT molecular complexity index is 1020. The molecule has 2 aromatic carbocycles. The van der Waals surface area contributed by atoms with Crippen molar-refractivity contribution in [1.29, 1.82) is 0 Å². The molecule has 4 atom stereocenters. The number of nitrogens with zero attached hydrogens (tertiary/aromatic N) is 1. The smallest absolute Gasteiger partial charge is 0.423 e. The minimum atomic E-state index is -1.41. The Hall–Kier alpha value is -3.52. The summed E-state index contributed by atoms with van der Waals surface area (Å²) in [5.74, 6) is -2.64. The molecular weight excluding hydrogens is 400 g/mol. The number of esters is 1. The van der Waals surface area contributed by atoms with Crippen LogP contribution in [0.15, 0.2) is 60.7 Å². The zero-order chi connectivity index (χ0) is 22.2. The zero-order valence-corrected chi connectivity index (χ0v) is 17.1. The molecule has 0 bridgehead atoms. The quantitative estimate of drug-likeness (QED) is 0.597. The van der Waals surface area contributed by atoms with Gasteiger partial charge in [-0.3, -0.25) is 19.7 Å². The maximum Gasteiger partial charge on any atom is 0.423 e. The molecule has 2 aromatic rings. The summed E-state index contributed by atoms with van der Waals surface area (Å²) in [5, 5.41) is 3.24. The maximum absolute atomic E-state index is 13.8. The molecular formula is C23H22N2O6. The number of amides is 3. The SMILES string of the molecule is COC(=O)[C@@H]1N[C@H](c2ccccc2)[C@@]2(CC(=O)N(C(=O)OC)C2=O)[C@H]1c1ccccc1. The van der Waals surface area contributed by atoms with Gasteiger partial charge in [-0.2, -0.15) is 4.90 Å². The molecule has 8 heteroatoms. The summed E-state index contributed by atoms with van der Waals surface area (Å²) in [6.45, 7) is 0. The van der Waals surface area contributed by atoms with E-state index >= 15 is 0 Å². The fourth-order valence-electron chi connectivity index (χ4n) is 4.89. The van der Waals surface area contributed by atoms with Gasteiger partial charge >= 0.3 is 12.1 Å². The number of methoxy groups -OCH3 is 2. The first kappa shape index (κ1) is 20.7. The Morgan fingerprint density at radius 1 is 0.935 bits per heavy atom. The lowest BCUT2D eigenvalue weighted by molar-refractivity contribution is -0.143. The molecule has 1 spiro atoms. The molecule has 3 amide bonds. The molecule has 0 aliphatic carbocycles. The van der Waals surface area contributed by atoms with Crippen molar-refractivity contribution in [3.05, 3.63) is 71.8 Å². The minimum Gasteiger partial charge on any atom is -0.468 e. The molecule has 31 heavy (non-hydrogen) atoms. The largest absolute Gasteiger partial charge is 0.468 e. The first-order valence-corrected chi connectivity index (χ1v) is 9.84. The molecule has 0 unspecified atom stereocenters. The highest BCUT2D eigenvalue weighted by Crippen LogP contribution is 2.59. The Kier molecular flexibility index (Phi) is 5.32. The van der Waals surface area contributed by atoms with Gasteiger partial charge in [0.2, 0.25) is 11.8 Å². The van der Waals surface area contributed by atoms with E-state index in [2.05, 4.69) is 10.1 Å². The van der Waals surface area contributed by atoms with Gasteiger partial charge in [0, 0.05) is 18.4 Å². The predicted molar refractivity (Wildman–Crippen MR) is 109 cm³/mol. The summed E-state index contributed by atoms with van der Waals surface area (Å²) < 4.78 is 9.72. The summed E-state index contributed by atoms with van der Waals surface area (Å²) in [4.78, 5) is 52.3. The molecule has 2 fully saturated rings. The molecule has 160 valence electrons. The van der Waals surface area contributed by atoms with E-state index in [1.807, 2.05) is 36.4 Å². The van der Waals surface area contributed by atoms with Gasteiger partial charge in [-0.05, 0) is 11.1 Å². The first-order valence-electron chi connectivity index (χ1n) is 9.84. The van der Waals surface area contributed by atoms with Crippen molar-refractivity contribution in [2.45, 2.75) is 24.4 Å². The van der Waals surface area contributed by atoms with E-state index in [0.717, 1.165) is 12.7 Å². The molecule has 1 N–H and O–H groups in total. The van der Waals surface area contributed by atoms with Crippen LogP contribution in [0.2, 0.25) is 0 Å². The van der Waals surface area contributed by atoms with Crippen LogP contribution >= 0.6 is 0 Å². The average molecular weight is 422 g/mol. The van der Waals surface area contributed by atoms with Crippen LogP contribution in [0.1, 0.15) is 29.5 Å². The Labute approximate surface area is 179 Å². The Balaban J connectivity index is 1.95. The molecule has 2 aliphatic heterocycles. The van der Waals surface area contributed by atoms with Crippen molar-refractivity contribution < 1.29 is 28.7 Å². The normalized spacial score (nSPS) is 27.5. The van der Waals surface area contributed by atoms with E-state index in [1.54, 1.807) is 24.3 Å². The van der Waals surface area contributed by atoms with E-state index < -0.39 is 47.3 Å². The number of hydrogen-bond donors (Lipinski definition) is 1. The molecule has 8 nitrogen and oxygen atoms in total. The number of carbonyl (C=O) groups is 4.